The van der Waals surface area contributed by atoms with Crippen LogP contribution in [0.15, 0.2) is 72.2 Å². The van der Waals surface area contributed by atoms with Gasteiger partial charge < -0.3 is 20.1 Å². The number of aliphatic imine (C=N–C) groups is 1. The smallest absolute Gasteiger partial charge is 0.157 e. The number of halogens is 1. The van der Waals surface area contributed by atoms with Crippen LogP contribution in [0.5, 0.6) is 0 Å². The number of benzene rings is 2. The first kappa shape index (κ1) is 27.7. The van der Waals surface area contributed by atoms with Gasteiger partial charge in [-0.2, -0.15) is 0 Å². The summed E-state index contributed by atoms with van der Waals surface area (Å²) in [6.07, 6.45) is 8.19. The van der Waals surface area contributed by atoms with Gasteiger partial charge in [-0.1, -0.05) is 12.1 Å². The lowest BCUT2D eigenvalue weighted by molar-refractivity contribution is 0.402. The number of rotatable bonds is 9. The van der Waals surface area contributed by atoms with E-state index in [9.17, 15) is 4.39 Å². The van der Waals surface area contributed by atoms with Crippen molar-refractivity contribution in [3.63, 3.8) is 0 Å². The number of nitrogens with zero attached hydrogens (tertiary/aromatic N) is 6. The Kier molecular flexibility index (Phi) is 7.78. The van der Waals surface area contributed by atoms with E-state index in [4.69, 9.17) is 9.98 Å². The predicted octanol–water partition coefficient (Wildman–Crippen LogP) is 5.25. The fourth-order valence-electron chi connectivity index (χ4n) is 5.39. The first-order chi connectivity index (χ1) is 20.3. The molecule has 6 rings (SSSR count). The monoisotopic (exact) mass is 562 g/mol. The minimum Gasteiger partial charge on any atom is -0.384 e. The van der Waals surface area contributed by atoms with E-state index in [0.29, 0.717) is 18.9 Å². The Morgan fingerprint density at radius 2 is 1.71 bits per heavy atom. The second-order valence-electron chi connectivity index (χ2n) is 11.3. The number of hydrogen-bond acceptors (Lipinski definition) is 7. The van der Waals surface area contributed by atoms with Gasteiger partial charge in [0.2, 0.25) is 0 Å². The van der Waals surface area contributed by atoms with Crippen molar-refractivity contribution in [1.29, 1.82) is 0 Å². The van der Waals surface area contributed by atoms with Crippen LogP contribution in [0.3, 0.4) is 0 Å². The van der Waals surface area contributed by atoms with Crippen LogP contribution < -0.4 is 5.32 Å². The second-order valence-corrected chi connectivity index (χ2v) is 11.3. The largest absolute Gasteiger partial charge is 0.384 e. The molecular weight excluding hydrogens is 527 g/mol. The lowest BCUT2D eigenvalue weighted by Gasteiger charge is -2.17. The van der Waals surface area contributed by atoms with Gasteiger partial charge >= 0.3 is 0 Å². The molecule has 8 nitrogen and oxygen atoms in total. The third-order valence-electron chi connectivity index (χ3n) is 7.36. The van der Waals surface area contributed by atoms with E-state index >= 15 is 0 Å². The molecule has 0 atom stereocenters. The third-order valence-corrected chi connectivity index (χ3v) is 7.36. The first-order valence-corrected chi connectivity index (χ1v) is 14.1. The van der Waals surface area contributed by atoms with Crippen LogP contribution in [0.2, 0.25) is 0 Å². The van der Waals surface area contributed by atoms with Crippen LogP contribution in [0.1, 0.15) is 22.5 Å². The molecule has 0 spiro atoms. The Morgan fingerprint density at radius 3 is 2.55 bits per heavy atom. The molecule has 42 heavy (non-hydrogen) atoms. The summed E-state index contributed by atoms with van der Waals surface area (Å²) in [6, 6.07) is 13.7. The van der Waals surface area contributed by atoms with Gasteiger partial charge in [0.1, 0.15) is 11.5 Å². The van der Waals surface area contributed by atoms with Crippen molar-refractivity contribution in [3.05, 3.63) is 95.6 Å². The molecule has 0 fully saturated rings. The minimum absolute atomic E-state index is 0.310. The number of imidazole rings is 1. The number of anilines is 1. The summed E-state index contributed by atoms with van der Waals surface area (Å²) in [5.74, 6) is 0.368. The Balaban J connectivity index is 1.36. The Bertz CT molecular complexity index is 1770. The summed E-state index contributed by atoms with van der Waals surface area (Å²) in [7, 11) is 8.13. The molecule has 9 heteroatoms. The molecule has 0 aliphatic carbocycles. The highest BCUT2D eigenvalue weighted by Crippen LogP contribution is 2.31. The summed E-state index contributed by atoms with van der Waals surface area (Å²) >= 11 is 0. The quantitative estimate of drug-likeness (QED) is 0.255. The Hall–Kier alpha value is -4.47. The number of hydrogen-bond donors (Lipinski definition) is 2. The van der Waals surface area contributed by atoms with E-state index in [1.165, 1.54) is 17.7 Å². The molecule has 214 valence electrons. The predicted molar refractivity (Wildman–Crippen MR) is 168 cm³/mol. The summed E-state index contributed by atoms with van der Waals surface area (Å²) in [6.45, 7) is 3.07. The molecule has 0 saturated heterocycles. The molecule has 0 unspecified atom stereocenters. The molecule has 3 aromatic heterocycles. The SMILES string of the molecule is CN(C)CCNc1cc(F)cc(-c2cncc3[nH]c(C4=NCCc5ccc(-c6cncc(CN(C)C)c6)cc54)nc23)c1. The van der Waals surface area contributed by atoms with Gasteiger partial charge in [0.25, 0.3) is 0 Å². The van der Waals surface area contributed by atoms with E-state index in [1.807, 2.05) is 32.6 Å². The molecule has 4 heterocycles. The molecule has 2 aromatic carbocycles. The fourth-order valence-corrected chi connectivity index (χ4v) is 5.39. The summed E-state index contributed by atoms with van der Waals surface area (Å²) in [5, 5.41) is 3.32. The van der Waals surface area contributed by atoms with Crippen molar-refractivity contribution in [2.75, 3.05) is 53.1 Å². The fraction of sp³-hybridized carbons (Fsp3) is 0.273. The number of likely N-dealkylation sites (N-methyl/N-ethyl adjacent to an activating group) is 1. The molecule has 0 radical (unpaired) electrons. The number of aromatic amines is 1. The van der Waals surface area contributed by atoms with Crippen molar-refractivity contribution in [2.45, 2.75) is 13.0 Å². The van der Waals surface area contributed by atoms with E-state index in [2.05, 4.69) is 68.4 Å². The van der Waals surface area contributed by atoms with E-state index < -0.39 is 0 Å². The van der Waals surface area contributed by atoms with Gasteiger partial charge in [-0.15, -0.1) is 0 Å². The minimum atomic E-state index is -0.310. The highest BCUT2D eigenvalue weighted by molar-refractivity contribution is 6.14. The molecule has 0 amide bonds. The number of fused-ring (bicyclic) bond motifs is 2. The zero-order valence-corrected chi connectivity index (χ0v) is 24.4. The zero-order chi connectivity index (χ0) is 29.2. The lowest BCUT2D eigenvalue weighted by atomic mass is 9.93. The number of aromatic nitrogens is 4. The average molecular weight is 563 g/mol. The van der Waals surface area contributed by atoms with Crippen LogP contribution >= 0.6 is 0 Å². The maximum Gasteiger partial charge on any atom is 0.157 e. The topological polar surface area (TPSA) is 85.3 Å². The second kappa shape index (κ2) is 11.8. The number of H-pyrrole nitrogens is 1. The van der Waals surface area contributed by atoms with E-state index in [-0.39, 0.29) is 5.82 Å². The summed E-state index contributed by atoms with van der Waals surface area (Å²) in [5.41, 5.74) is 10.2. The van der Waals surface area contributed by atoms with Crippen molar-refractivity contribution in [2.24, 2.45) is 4.99 Å². The van der Waals surface area contributed by atoms with Crippen molar-refractivity contribution >= 4 is 22.4 Å². The van der Waals surface area contributed by atoms with E-state index in [1.54, 1.807) is 12.4 Å². The number of nitrogens with one attached hydrogen (secondary N) is 2. The van der Waals surface area contributed by atoms with E-state index in [0.717, 1.165) is 75.3 Å². The Morgan fingerprint density at radius 1 is 0.857 bits per heavy atom. The molecule has 1 aliphatic heterocycles. The van der Waals surface area contributed by atoms with Crippen LogP contribution in [0.25, 0.3) is 33.3 Å². The molecular formula is C33H35FN8. The maximum atomic E-state index is 14.7. The van der Waals surface area contributed by atoms with Crippen LogP contribution in [0.4, 0.5) is 10.1 Å². The average Bonchev–Trinajstić information content (AvgIpc) is 3.40. The normalized spacial score (nSPS) is 13.1. The van der Waals surface area contributed by atoms with Gasteiger partial charge in [0.15, 0.2) is 5.82 Å². The lowest BCUT2D eigenvalue weighted by Crippen LogP contribution is -2.20. The van der Waals surface area contributed by atoms with Gasteiger partial charge in [0.05, 0.1) is 17.2 Å². The van der Waals surface area contributed by atoms with Crippen LogP contribution in [0, 0.1) is 5.82 Å². The van der Waals surface area contributed by atoms with Crippen LogP contribution in [-0.2, 0) is 13.0 Å². The highest BCUT2D eigenvalue weighted by atomic mass is 19.1. The van der Waals surface area contributed by atoms with Gasteiger partial charge in [0, 0.05) is 67.1 Å². The van der Waals surface area contributed by atoms with Gasteiger partial charge in [-0.25, -0.2) is 9.37 Å². The van der Waals surface area contributed by atoms with Crippen molar-refractivity contribution < 1.29 is 4.39 Å². The summed E-state index contributed by atoms with van der Waals surface area (Å²) in [4.78, 5) is 26.5. The van der Waals surface area contributed by atoms with Gasteiger partial charge in [-0.05, 0) is 87.2 Å². The standard InChI is InChI=1S/C33H35FN8/c1-41(2)10-9-37-27-13-24(12-26(34)15-27)29-18-36-19-30-31(29)40-33(39-30)32-28-14-23(6-5-22(28)7-8-38-32)25-11-21(16-35-17-25)20-42(3)4/h5-6,11-19,37H,7-10,20H2,1-4H3,(H,39,40). The highest BCUT2D eigenvalue weighted by Gasteiger charge is 2.21. The molecule has 2 N–H and O–H groups in total. The maximum absolute atomic E-state index is 14.7. The zero-order valence-electron chi connectivity index (χ0n) is 24.4. The van der Waals surface area contributed by atoms with Crippen molar-refractivity contribution in [3.8, 4) is 22.3 Å². The molecule has 0 saturated carbocycles. The first-order valence-electron chi connectivity index (χ1n) is 14.1. The third kappa shape index (κ3) is 5.93. The molecule has 0 bridgehead atoms. The summed E-state index contributed by atoms with van der Waals surface area (Å²) < 4.78 is 14.7. The van der Waals surface area contributed by atoms with Gasteiger partial charge in [-0.3, -0.25) is 15.0 Å². The molecule has 5 aromatic rings. The van der Waals surface area contributed by atoms with Crippen LogP contribution in [-0.4, -0.2) is 83.3 Å². The van der Waals surface area contributed by atoms with Crippen molar-refractivity contribution in [1.82, 2.24) is 29.7 Å². The number of pyridine rings is 2. The molecule has 1 aliphatic rings. The Labute approximate surface area is 245 Å².